The third kappa shape index (κ3) is 3.33. The molecule has 1 amide bonds. The highest BCUT2D eigenvalue weighted by molar-refractivity contribution is 5.95. The van der Waals surface area contributed by atoms with Gasteiger partial charge >= 0.3 is 0 Å². The van der Waals surface area contributed by atoms with Crippen LogP contribution in [0.5, 0.6) is 0 Å². The van der Waals surface area contributed by atoms with Gasteiger partial charge in [0.1, 0.15) is 0 Å². The van der Waals surface area contributed by atoms with Gasteiger partial charge in [-0.15, -0.1) is 12.4 Å². The summed E-state index contributed by atoms with van der Waals surface area (Å²) < 4.78 is 0. The molecule has 2 fully saturated rings. The van der Waals surface area contributed by atoms with Gasteiger partial charge in [0.2, 0.25) is 0 Å². The lowest BCUT2D eigenvalue weighted by Gasteiger charge is -2.29. The minimum Gasteiger partial charge on any atom is -0.338 e. The molecule has 126 valence electrons. The van der Waals surface area contributed by atoms with Gasteiger partial charge in [0.25, 0.3) is 11.6 Å². The number of nitro benzene ring substituents is 1. The minimum absolute atomic E-state index is 0. The van der Waals surface area contributed by atoms with Gasteiger partial charge in [0.05, 0.1) is 4.92 Å². The van der Waals surface area contributed by atoms with Gasteiger partial charge in [0.15, 0.2) is 0 Å². The number of carbonyl (C=O) groups is 1. The fourth-order valence-corrected chi connectivity index (χ4v) is 3.80. The number of likely N-dealkylation sites (tertiary alicyclic amines) is 1. The maximum Gasteiger partial charge on any atom is 0.273 e. The van der Waals surface area contributed by atoms with Crippen molar-refractivity contribution in [1.29, 1.82) is 0 Å². The molecular weight excluding hydrogens is 318 g/mol. The molecule has 1 aromatic carbocycles. The second-order valence-electron chi connectivity index (χ2n) is 6.49. The van der Waals surface area contributed by atoms with Crippen LogP contribution < -0.4 is 5.73 Å². The number of rotatable bonds is 2. The smallest absolute Gasteiger partial charge is 0.273 e. The Morgan fingerprint density at radius 3 is 2.74 bits per heavy atom. The second-order valence-corrected chi connectivity index (χ2v) is 6.49. The van der Waals surface area contributed by atoms with E-state index in [0.29, 0.717) is 29.5 Å². The first-order chi connectivity index (χ1) is 10.5. The molecule has 2 aliphatic rings. The number of nitrogens with zero attached hydrogens (tertiary/aromatic N) is 2. The number of hydrogen-bond donors (Lipinski definition) is 1. The monoisotopic (exact) mass is 339 g/mol. The van der Waals surface area contributed by atoms with E-state index in [-0.39, 0.29) is 30.0 Å². The number of nitrogens with two attached hydrogens (primary N) is 1. The zero-order valence-electron chi connectivity index (χ0n) is 13.1. The Bertz CT molecular complexity index is 623. The van der Waals surface area contributed by atoms with E-state index in [4.69, 9.17) is 5.73 Å². The van der Waals surface area contributed by atoms with Crippen molar-refractivity contribution >= 4 is 24.0 Å². The summed E-state index contributed by atoms with van der Waals surface area (Å²) in [4.78, 5) is 25.1. The average molecular weight is 340 g/mol. The zero-order valence-corrected chi connectivity index (χ0v) is 13.9. The van der Waals surface area contributed by atoms with Crippen LogP contribution in [0.2, 0.25) is 0 Å². The number of benzene rings is 1. The van der Waals surface area contributed by atoms with Crippen LogP contribution in [0, 0.1) is 28.9 Å². The summed E-state index contributed by atoms with van der Waals surface area (Å²) >= 11 is 0. The van der Waals surface area contributed by atoms with E-state index in [1.807, 2.05) is 4.90 Å². The van der Waals surface area contributed by atoms with Crippen molar-refractivity contribution in [2.75, 3.05) is 13.1 Å². The maximum absolute atomic E-state index is 12.6. The molecule has 0 bridgehead atoms. The van der Waals surface area contributed by atoms with Crippen LogP contribution in [0.15, 0.2) is 18.2 Å². The standard InChI is InChI=1S/C16H21N3O3.ClH/c1-10-5-6-11(7-15(10)19(21)22)16(20)18-8-12-3-2-4-14(17)13(12)9-18;/h5-7,12-14H,2-4,8-9,17H2,1H3;1H. The van der Waals surface area contributed by atoms with Gasteiger partial charge in [-0.05, 0) is 37.7 Å². The van der Waals surface area contributed by atoms with Gasteiger partial charge < -0.3 is 10.6 Å². The van der Waals surface area contributed by atoms with Crippen molar-refractivity contribution in [3.05, 3.63) is 39.4 Å². The van der Waals surface area contributed by atoms with Crippen molar-refractivity contribution in [1.82, 2.24) is 4.90 Å². The van der Waals surface area contributed by atoms with Crippen LogP contribution in [-0.2, 0) is 0 Å². The molecule has 0 aromatic heterocycles. The molecule has 7 heteroatoms. The third-order valence-corrected chi connectivity index (χ3v) is 5.09. The number of amides is 1. The van der Waals surface area contributed by atoms with Crippen molar-refractivity contribution in [2.24, 2.45) is 17.6 Å². The minimum atomic E-state index is -0.439. The highest BCUT2D eigenvalue weighted by atomic mass is 35.5. The number of fused-ring (bicyclic) bond motifs is 1. The quantitative estimate of drug-likeness (QED) is 0.662. The third-order valence-electron chi connectivity index (χ3n) is 5.09. The normalized spacial score (nSPS) is 26.3. The topological polar surface area (TPSA) is 89.5 Å². The fraction of sp³-hybridized carbons (Fsp3) is 0.562. The molecule has 1 saturated heterocycles. The van der Waals surface area contributed by atoms with Crippen LogP contribution in [-0.4, -0.2) is 34.9 Å². The average Bonchev–Trinajstić information content (AvgIpc) is 2.92. The number of aryl methyl sites for hydroxylation is 1. The van der Waals surface area contributed by atoms with E-state index in [9.17, 15) is 14.9 Å². The Labute approximate surface area is 141 Å². The summed E-state index contributed by atoms with van der Waals surface area (Å²) in [5.74, 6) is 0.732. The summed E-state index contributed by atoms with van der Waals surface area (Å²) in [6.07, 6.45) is 3.27. The molecule has 0 spiro atoms. The van der Waals surface area contributed by atoms with E-state index >= 15 is 0 Å². The van der Waals surface area contributed by atoms with E-state index in [1.54, 1.807) is 19.1 Å². The first kappa shape index (κ1) is 17.7. The molecule has 3 unspecified atom stereocenters. The molecular formula is C16H22ClN3O3. The fourth-order valence-electron chi connectivity index (χ4n) is 3.80. The first-order valence-corrected chi connectivity index (χ1v) is 7.77. The van der Waals surface area contributed by atoms with Gasteiger partial charge in [-0.25, -0.2) is 0 Å². The predicted molar refractivity (Wildman–Crippen MR) is 89.8 cm³/mol. The predicted octanol–water partition coefficient (Wildman–Crippen LogP) is 2.52. The molecule has 2 N–H and O–H groups in total. The maximum atomic E-state index is 12.6. The van der Waals surface area contributed by atoms with Crippen LogP contribution in [0.1, 0.15) is 35.2 Å². The van der Waals surface area contributed by atoms with Crippen molar-refractivity contribution in [3.8, 4) is 0 Å². The van der Waals surface area contributed by atoms with E-state index < -0.39 is 4.92 Å². The molecule has 1 aliphatic carbocycles. The molecule has 0 radical (unpaired) electrons. The summed E-state index contributed by atoms with van der Waals surface area (Å²) in [6, 6.07) is 4.87. The van der Waals surface area contributed by atoms with Crippen molar-refractivity contribution < 1.29 is 9.72 Å². The molecule has 3 atom stereocenters. The number of hydrogen-bond acceptors (Lipinski definition) is 4. The summed E-state index contributed by atoms with van der Waals surface area (Å²) in [7, 11) is 0. The van der Waals surface area contributed by atoms with Gasteiger partial charge in [-0.3, -0.25) is 14.9 Å². The van der Waals surface area contributed by atoms with Gasteiger partial charge in [-0.1, -0.05) is 12.5 Å². The lowest BCUT2D eigenvalue weighted by atomic mass is 9.78. The Morgan fingerprint density at radius 2 is 2.09 bits per heavy atom. The number of halogens is 1. The van der Waals surface area contributed by atoms with Crippen LogP contribution in [0.4, 0.5) is 5.69 Å². The Hall–Kier alpha value is -1.66. The Balaban J connectivity index is 0.00000192. The SMILES string of the molecule is Cc1ccc(C(=O)N2CC3CCCC(N)C3C2)cc1[N+](=O)[O-].Cl. The van der Waals surface area contributed by atoms with E-state index in [0.717, 1.165) is 25.8 Å². The van der Waals surface area contributed by atoms with Crippen LogP contribution >= 0.6 is 12.4 Å². The first-order valence-electron chi connectivity index (χ1n) is 7.77. The zero-order chi connectivity index (χ0) is 15.9. The number of carbonyl (C=O) groups excluding carboxylic acids is 1. The molecule has 1 heterocycles. The van der Waals surface area contributed by atoms with Gasteiger partial charge in [0, 0.05) is 36.3 Å². The summed E-state index contributed by atoms with van der Waals surface area (Å²) in [5, 5.41) is 11.0. The highest BCUT2D eigenvalue weighted by Gasteiger charge is 2.40. The summed E-state index contributed by atoms with van der Waals surface area (Å²) in [6.45, 7) is 3.07. The largest absolute Gasteiger partial charge is 0.338 e. The van der Waals surface area contributed by atoms with Crippen LogP contribution in [0.3, 0.4) is 0 Å². The molecule has 23 heavy (non-hydrogen) atoms. The molecule has 1 saturated carbocycles. The lowest BCUT2D eigenvalue weighted by Crippen LogP contribution is -2.38. The second kappa shape index (κ2) is 6.84. The van der Waals surface area contributed by atoms with E-state index in [1.165, 1.54) is 6.07 Å². The highest BCUT2D eigenvalue weighted by Crippen LogP contribution is 2.36. The molecule has 6 nitrogen and oxygen atoms in total. The number of nitro groups is 1. The van der Waals surface area contributed by atoms with E-state index in [2.05, 4.69) is 0 Å². The molecule has 3 rings (SSSR count). The molecule has 1 aliphatic heterocycles. The van der Waals surface area contributed by atoms with Gasteiger partial charge in [-0.2, -0.15) is 0 Å². The lowest BCUT2D eigenvalue weighted by molar-refractivity contribution is -0.385. The van der Waals surface area contributed by atoms with Crippen molar-refractivity contribution in [2.45, 2.75) is 32.2 Å². The van der Waals surface area contributed by atoms with Crippen molar-refractivity contribution in [3.63, 3.8) is 0 Å². The molecule has 1 aromatic rings. The Morgan fingerprint density at radius 1 is 1.35 bits per heavy atom. The summed E-state index contributed by atoms with van der Waals surface area (Å²) in [5.41, 5.74) is 7.14. The van der Waals surface area contributed by atoms with Crippen LogP contribution in [0.25, 0.3) is 0 Å². The Kier molecular flexibility index (Phi) is 5.26.